The summed E-state index contributed by atoms with van der Waals surface area (Å²) in [4.78, 5) is 13.9. The summed E-state index contributed by atoms with van der Waals surface area (Å²) in [5.41, 5.74) is 2.14. The summed E-state index contributed by atoms with van der Waals surface area (Å²) >= 11 is 1.54. The highest BCUT2D eigenvalue weighted by Gasteiger charge is 2.21. The second kappa shape index (κ2) is 9.28. The average Bonchev–Trinajstić information content (AvgIpc) is 2.73. The summed E-state index contributed by atoms with van der Waals surface area (Å²) in [6.07, 6.45) is 0. The van der Waals surface area contributed by atoms with Crippen molar-refractivity contribution in [2.75, 3.05) is 7.11 Å². The van der Waals surface area contributed by atoms with E-state index in [1.807, 2.05) is 91.9 Å². The quantitative estimate of drug-likeness (QED) is 0.584. The van der Waals surface area contributed by atoms with Gasteiger partial charge in [-0.25, -0.2) is 0 Å². The minimum Gasteiger partial charge on any atom is -0.497 e. The Balaban J connectivity index is 1.73. The van der Waals surface area contributed by atoms with Gasteiger partial charge in [0.1, 0.15) is 5.75 Å². The minimum atomic E-state index is -0.215. The first-order valence-corrected chi connectivity index (χ1v) is 9.76. The molecule has 0 unspecified atom stereocenters. The van der Waals surface area contributed by atoms with Crippen LogP contribution in [0, 0.1) is 0 Å². The van der Waals surface area contributed by atoms with E-state index in [1.54, 1.807) is 7.11 Å². The van der Waals surface area contributed by atoms with Crippen LogP contribution in [-0.2, 0) is 4.79 Å². The third kappa shape index (κ3) is 5.14. The van der Waals surface area contributed by atoms with E-state index in [0.29, 0.717) is 0 Å². The number of ether oxygens (including phenoxy) is 1. The first-order chi connectivity index (χ1) is 13.2. The lowest BCUT2D eigenvalue weighted by molar-refractivity contribution is -0.120. The van der Waals surface area contributed by atoms with Crippen molar-refractivity contribution in [1.82, 2.24) is 5.32 Å². The van der Waals surface area contributed by atoms with E-state index < -0.39 is 0 Å². The number of benzene rings is 3. The molecule has 3 rings (SSSR count). The summed E-state index contributed by atoms with van der Waals surface area (Å²) < 4.78 is 5.18. The predicted octanol–water partition coefficient (Wildman–Crippen LogP) is 5.08. The molecule has 0 aromatic heterocycles. The van der Waals surface area contributed by atoms with E-state index in [0.717, 1.165) is 21.8 Å². The highest BCUT2D eigenvalue weighted by Crippen LogP contribution is 2.27. The maximum absolute atomic E-state index is 12.9. The van der Waals surface area contributed by atoms with Crippen molar-refractivity contribution in [3.8, 4) is 5.75 Å². The number of rotatable bonds is 7. The van der Waals surface area contributed by atoms with Crippen LogP contribution in [0.1, 0.15) is 24.1 Å². The van der Waals surface area contributed by atoms with Crippen molar-refractivity contribution in [3.63, 3.8) is 0 Å². The van der Waals surface area contributed by atoms with E-state index in [9.17, 15) is 4.79 Å². The van der Waals surface area contributed by atoms with E-state index in [-0.39, 0.29) is 17.2 Å². The van der Waals surface area contributed by atoms with Crippen LogP contribution in [0.4, 0.5) is 0 Å². The van der Waals surface area contributed by atoms with Crippen LogP contribution < -0.4 is 10.1 Å². The molecule has 4 heteroatoms. The van der Waals surface area contributed by atoms with Gasteiger partial charge >= 0.3 is 0 Å². The van der Waals surface area contributed by atoms with Gasteiger partial charge in [-0.05, 0) is 42.3 Å². The molecule has 0 saturated carbocycles. The van der Waals surface area contributed by atoms with Gasteiger partial charge in [0.05, 0.1) is 18.4 Å². The van der Waals surface area contributed by atoms with Gasteiger partial charge in [0.2, 0.25) is 5.91 Å². The average molecular weight is 378 g/mol. The molecule has 0 aliphatic heterocycles. The Morgan fingerprint density at radius 1 is 0.852 bits per heavy atom. The molecular weight excluding hydrogens is 354 g/mol. The Morgan fingerprint density at radius 2 is 1.37 bits per heavy atom. The van der Waals surface area contributed by atoms with Crippen LogP contribution in [-0.4, -0.2) is 18.3 Å². The molecular formula is C23H23NO2S. The molecule has 0 bridgehead atoms. The molecule has 27 heavy (non-hydrogen) atoms. The normalized spacial score (nSPS) is 11.8. The fourth-order valence-electron chi connectivity index (χ4n) is 2.82. The zero-order valence-corrected chi connectivity index (χ0v) is 16.3. The SMILES string of the molecule is COc1ccc(S[C@H](C)C(=O)NC(c2ccccc2)c2ccccc2)cc1. The number of hydrogen-bond donors (Lipinski definition) is 1. The fourth-order valence-corrected chi connectivity index (χ4v) is 3.70. The summed E-state index contributed by atoms with van der Waals surface area (Å²) in [7, 11) is 1.64. The van der Waals surface area contributed by atoms with Gasteiger partial charge < -0.3 is 10.1 Å². The topological polar surface area (TPSA) is 38.3 Å². The first-order valence-electron chi connectivity index (χ1n) is 8.88. The summed E-state index contributed by atoms with van der Waals surface area (Å²) in [5.74, 6) is 0.818. The van der Waals surface area contributed by atoms with E-state index in [2.05, 4.69) is 5.32 Å². The van der Waals surface area contributed by atoms with Crippen molar-refractivity contribution in [2.45, 2.75) is 23.1 Å². The highest BCUT2D eigenvalue weighted by molar-refractivity contribution is 8.00. The second-order valence-electron chi connectivity index (χ2n) is 6.20. The van der Waals surface area contributed by atoms with Gasteiger partial charge in [-0.15, -0.1) is 11.8 Å². The fraction of sp³-hybridized carbons (Fsp3) is 0.174. The number of thioether (sulfide) groups is 1. The molecule has 0 radical (unpaired) electrons. The van der Waals surface area contributed by atoms with Crippen LogP contribution in [0.3, 0.4) is 0 Å². The molecule has 3 aromatic carbocycles. The van der Waals surface area contributed by atoms with Crippen molar-refractivity contribution < 1.29 is 9.53 Å². The summed E-state index contributed by atoms with van der Waals surface area (Å²) in [6.45, 7) is 1.93. The zero-order chi connectivity index (χ0) is 19.1. The van der Waals surface area contributed by atoms with Crippen molar-refractivity contribution >= 4 is 17.7 Å². The zero-order valence-electron chi connectivity index (χ0n) is 15.5. The second-order valence-corrected chi connectivity index (χ2v) is 7.61. The third-order valence-corrected chi connectivity index (χ3v) is 5.41. The summed E-state index contributed by atoms with van der Waals surface area (Å²) in [6, 6.07) is 27.7. The largest absolute Gasteiger partial charge is 0.497 e. The molecule has 1 amide bonds. The third-order valence-electron chi connectivity index (χ3n) is 4.29. The Bertz CT molecular complexity index is 811. The first kappa shape index (κ1) is 19.1. The molecule has 1 N–H and O–H groups in total. The molecule has 3 nitrogen and oxygen atoms in total. The number of carbonyl (C=O) groups excluding carboxylic acids is 1. The van der Waals surface area contributed by atoms with Gasteiger partial charge in [0.25, 0.3) is 0 Å². The number of amides is 1. The molecule has 0 saturated heterocycles. The molecule has 138 valence electrons. The minimum absolute atomic E-state index is 0.00789. The molecule has 0 heterocycles. The van der Waals surface area contributed by atoms with E-state index in [1.165, 1.54) is 11.8 Å². The molecule has 3 aromatic rings. The lowest BCUT2D eigenvalue weighted by Gasteiger charge is -2.22. The lowest BCUT2D eigenvalue weighted by atomic mass is 9.98. The Hall–Kier alpha value is -2.72. The monoisotopic (exact) mass is 377 g/mol. The Morgan fingerprint density at radius 3 is 1.85 bits per heavy atom. The Labute approximate surface area is 164 Å². The number of nitrogens with one attached hydrogen (secondary N) is 1. The lowest BCUT2D eigenvalue weighted by Crippen LogP contribution is -2.34. The molecule has 0 aliphatic rings. The maximum Gasteiger partial charge on any atom is 0.233 e. The van der Waals surface area contributed by atoms with Crippen molar-refractivity contribution in [2.24, 2.45) is 0 Å². The smallest absolute Gasteiger partial charge is 0.233 e. The van der Waals surface area contributed by atoms with Crippen LogP contribution in [0.25, 0.3) is 0 Å². The van der Waals surface area contributed by atoms with Gasteiger partial charge in [-0.1, -0.05) is 60.7 Å². The number of hydrogen-bond acceptors (Lipinski definition) is 3. The molecule has 0 spiro atoms. The van der Waals surface area contributed by atoms with E-state index >= 15 is 0 Å². The highest BCUT2D eigenvalue weighted by atomic mass is 32.2. The van der Waals surface area contributed by atoms with Crippen LogP contribution in [0.2, 0.25) is 0 Å². The predicted molar refractivity (Wildman–Crippen MR) is 111 cm³/mol. The van der Waals surface area contributed by atoms with Crippen LogP contribution in [0.5, 0.6) is 5.75 Å². The van der Waals surface area contributed by atoms with Crippen molar-refractivity contribution in [1.29, 1.82) is 0 Å². The maximum atomic E-state index is 12.9. The van der Waals surface area contributed by atoms with Crippen molar-refractivity contribution in [3.05, 3.63) is 96.1 Å². The van der Waals surface area contributed by atoms with E-state index in [4.69, 9.17) is 4.74 Å². The van der Waals surface area contributed by atoms with Gasteiger partial charge in [0.15, 0.2) is 0 Å². The molecule has 1 atom stereocenters. The Kier molecular flexibility index (Phi) is 6.55. The number of methoxy groups -OCH3 is 1. The van der Waals surface area contributed by atoms with Gasteiger partial charge in [-0.3, -0.25) is 4.79 Å². The van der Waals surface area contributed by atoms with Gasteiger partial charge in [-0.2, -0.15) is 0 Å². The van der Waals surface area contributed by atoms with Gasteiger partial charge in [0, 0.05) is 4.90 Å². The molecule has 0 aliphatic carbocycles. The standard InChI is InChI=1S/C23H23NO2S/c1-17(27-21-15-13-20(26-2)14-16-21)23(25)24-22(18-9-5-3-6-10-18)19-11-7-4-8-12-19/h3-17,22H,1-2H3,(H,24,25)/t17-/m1/s1. The molecule has 0 fully saturated rings. The van der Waals surface area contributed by atoms with Crippen LogP contribution >= 0.6 is 11.8 Å². The van der Waals surface area contributed by atoms with Crippen LogP contribution in [0.15, 0.2) is 89.8 Å². The number of carbonyl (C=O) groups is 1. The summed E-state index contributed by atoms with van der Waals surface area (Å²) in [5, 5.41) is 2.99.